The number of carbonyl (C=O) groups excluding carboxylic acids is 2. The van der Waals surface area contributed by atoms with Gasteiger partial charge >= 0.3 is 0 Å². The molecule has 3 aromatic rings. The molecule has 0 radical (unpaired) electrons. The molecule has 2 amide bonds. The molecule has 0 heterocycles. The van der Waals surface area contributed by atoms with Gasteiger partial charge in [-0.3, -0.25) is 9.59 Å². The first-order valence-corrected chi connectivity index (χ1v) is 15.3. The maximum atomic E-state index is 14.0. The number of aliphatic hydroxyl groups is 1. The Labute approximate surface area is 254 Å². The van der Waals surface area contributed by atoms with E-state index in [1.807, 2.05) is 20.8 Å². The van der Waals surface area contributed by atoms with Crippen LogP contribution in [0.3, 0.4) is 0 Å². The summed E-state index contributed by atoms with van der Waals surface area (Å²) < 4.78 is 27.9. The zero-order valence-corrected chi connectivity index (χ0v) is 25.8. The Morgan fingerprint density at radius 3 is 2.05 bits per heavy atom. The van der Waals surface area contributed by atoms with Gasteiger partial charge in [-0.05, 0) is 98.2 Å². The molecule has 0 spiro atoms. The highest BCUT2D eigenvalue weighted by atomic mass is 19.1. The topological polar surface area (TPSA) is 81.7 Å². The van der Waals surface area contributed by atoms with Crippen molar-refractivity contribution in [1.82, 2.24) is 15.5 Å². The smallest absolute Gasteiger partial charge is 0.253 e. The minimum atomic E-state index is -0.999. The van der Waals surface area contributed by atoms with Crippen LogP contribution in [0.25, 0.3) is 0 Å². The summed E-state index contributed by atoms with van der Waals surface area (Å²) in [5.74, 6) is -2.06. The molecule has 3 aromatic carbocycles. The van der Waals surface area contributed by atoms with Crippen LogP contribution < -0.4 is 10.6 Å². The summed E-state index contributed by atoms with van der Waals surface area (Å²) in [5, 5.41) is 17.3. The van der Waals surface area contributed by atoms with E-state index in [0.29, 0.717) is 43.7 Å². The van der Waals surface area contributed by atoms with Crippen LogP contribution in [0, 0.1) is 18.6 Å². The van der Waals surface area contributed by atoms with Gasteiger partial charge < -0.3 is 20.6 Å². The van der Waals surface area contributed by atoms with E-state index >= 15 is 0 Å². The van der Waals surface area contributed by atoms with Crippen molar-refractivity contribution in [2.45, 2.75) is 78.5 Å². The van der Waals surface area contributed by atoms with E-state index in [4.69, 9.17) is 0 Å². The van der Waals surface area contributed by atoms with Crippen molar-refractivity contribution in [3.05, 3.63) is 106 Å². The quantitative estimate of drug-likeness (QED) is 0.179. The third-order valence-electron chi connectivity index (χ3n) is 7.40. The van der Waals surface area contributed by atoms with Crippen LogP contribution in [0.2, 0.25) is 0 Å². The van der Waals surface area contributed by atoms with E-state index in [2.05, 4.69) is 41.8 Å². The fraction of sp³-hybridized carbons (Fsp3) is 0.429. The van der Waals surface area contributed by atoms with Gasteiger partial charge in [0.25, 0.3) is 11.8 Å². The number of halogens is 2. The number of aliphatic hydroxyl groups excluding tert-OH is 1. The molecule has 0 saturated heterocycles. The van der Waals surface area contributed by atoms with Gasteiger partial charge in [-0.15, -0.1) is 0 Å². The largest absolute Gasteiger partial charge is 0.391 e. The van der Waals surface area contributed by atoms with Crippen LogP contribution >= 0.6 is 0 Å². The Bertz CT molecular complexity index is 1320. The minimum absolute atomic E-state index is 0.0262. The van der Waals surface area contributed by atoms with E-state index in [1.165, 1.54) is 17.7 Å². The van der Waals surface area contributed by atoms with Crippen LogP contribution in [-0.4, -0.2) is 53.6 Å². The molecule has 0 saturated carbocycles. The summed E-state index contributed by atoms with van der Waals surface area (Å²) in [6, 6.07) is 15.7. The van der Waals surface area contributed by atoms with Crippen LogP contribution in [0.15, 0.2) is 60.7 Å². The molecular weight excluding hydrogens is 548 g/mol. The van der Waals surface area contributed by atoms with Gasteiger partial charge in [-0.2, -0.15) is 0 Å². The van der Waals surface area contributed by atoms with E-state index in [9.17, 15) is 23.5 Å². The second-order valence-corrected chi connectivity index (χ2v) is 11.1. The maximum Gasteiger partial charge on any atom is 0.253 e. The lowest BCUT2D eigenvalue weighted by Crippen LogP contribution is -2.46. The summed E-state index contributed by atoms with van der Waals surface area (Å²) in [7, 11) is 0. The SMILES string of the molecule is CCCN(CCC)C(=O)c1cc(C)cc(C(=O)N[C@@H](Cc2cc(F)cc(F)c2)[C@@H](O)CCNCc2ccc(CC)cc2)c1. The summed E-state index contributed by atoms with van der Waals surface area (Å²) in [4.78, 5) is 28.5. The standard InChI is InChI=1S/C35H45F2N3O3/c1-5-14-40(15-6-2)35(43)29-17-24(4)16-28(21-29)34(42)39-32(20-27-18-30(36)22-31(37)19-27)33(41)12-13-38-23-26-10-8-25(7-3)9-11-26/h8-11,16-19,21-22,32-33,38,41H,5-7,12-15,20,23H2,1-4H3,(H,39,42)/t32-,33-/m0/s1. The lowest BCUT2D eigenvalue weighted by molar-refractivity contribution is 0.0755. The number of hydrogen-bond acceptors (Lipinski definition) is 4. The molecule has 0 unspecified atom stereocenters. The van der Waals surface area contributed by atoms with Crippen molar-refractivity contribution >= 4 is 11.8 Å². The van der Waals surface area contributed by atoms with E-state index in [1.54, 1.807) is 23.1 Å². The van der Waals surface area contributed by atoms with E-state index < -0.39 is 29.7 Å². The lowest BCUT2D eigenvalue weighted by atomic mass is 9.97. The molecule has 0 bridgehead atoms. The summed E-state index contributed by atoms with van der Waals surface area (Å²) in [5.41, 5.74) is 4.16. The van der Waals surface area contributed by atoms with Crippen molar-refractivity contribution in [3.8, 4) is 0 Å². The predicted molar refractivity (Wildman–Crippen MR) is 167 cm³/mol. The van der Waals surface area contributed by atoms with Crippen molar-refractivity contribution < 1.29 is 23.5 Å². The molecule has 43 heavy (non-hydrogen) atoms. The summed E-state index contributed by atoms with van der Waals surface area (Å²) in [6.07, 6.45) is 1.95. The van der Waals surface area contributed by atoms with Crippen LogP contribution in [-0.2, 0) is 19.4 Å². The van der Waals surface area contributed by atoms with Crippen LogP contribution in [0.4, 0.5) is 8.78 Å². The zero-order valence-electron chi connectivity index (χ0n) is 25.8. The predicted octanol–water partition coefficient (Wildman–Crippen LogP) is 5.98. The Morgan fingerprint density at radius 2 is 1.44 bits per heavy atom. The minimum Gasteiger partial charge on any atom is -0.391 e. The number of rotatable bonds is 16. The normalized spacial score (nSPS) is 12.5. The number of amides is 2. The highest BCUT2D eigenvalue weighted by Gasteiger charge is 2.24. The molecule has 6 nitrogen and oxygen atoms in total. The number of aryl methyl sites for hydroxylation is 2. The van der Waals surface area contributed by atoms with Crippen molar-refractivity contribution in [3.63, 3.8) is 0 Å². The average molecular weight is 594 g/mol. The molecule has 0 aliphatic carbocycles. The van der Waals surface area contributed by atoms with Crippen molar-refractivity contribution in [2.24, 2.45) is 0 Å². The number of benzene rings is 3. The first-order chi connectivity index (χ1) is 20.6. The second-order valence-electron chi connectivity index (χ2n) is 11.1. The first-order valence-electron chi connectivity index (χ1n) is 15.3. The Hall–Kier alpha value is -3.62. The lowest BCUT2D eigenvalue weighted by Gasteiger charge is -2.25. The Balaban J connectivity index is 1.75. The van der Waals surface area contributed by atoms with Gasteiger partial charge in [-0.1, -0.05) is 45.0 Å². The average Bonchev–Trinajstić information content (AvgIpc) is 2.97. The second kappa shape index (κ2) is 16.9. The van der Waals surface area contributed by atoms with Gasteiger partial charge in [0.1, 0.15) is 11.6 Å². The molecule has 0 aliphatic heterocycles. The van der Waals surface area contributed by atoms with Gasteiger partial charge in [0.2, 0.25) is 0 Å². The fourth-order valence-corrected chi connectivity index (χ4v) is 5.17. The molecule has 2 atom stereocenters. The van der Waals surface area contributed by atoms with Crippen molar-refractivity contribution in [1.29, 1.82) is 0 Å². The molecule has 3 N–H and O–H groups in total. The van der Waals surface area contributed by atoms with Gasteiger partial charge in [-0.25, -0.2) is 8.78 Å². The highest BCUT2D eigenvalue weighted by molar-refractivity contribution is 6.00. The number of nitrogens with zero attached hydrogens (tertiary/aromatic N) is 1. The van der Waals surface area contributed by atoms with E-state index in [0.717, 1.165) is 36.5 Å². The summed E-state index contributed by atoms with van der Waals surface area (Å²) in [6.45, 7) is 10.3. The summed E-state index contributed by atoms with van der Waals surface area (Å²) >= 11 is 0. The van der Waals surface area contributed by atoms with Gasteiger partial charge in [0.15, 0.2) is 0 Å². The molecule has 8 heteroatoms. The Morgan fingerprint density at radius 1 is 0.837 bits per heavy atom. The molecule has 0 fully saturated rings. The number of hydrogen-bond donors (Lipinski definition) is 3. The Kier molecular flexibility index (Phi) is 13.3. The molecule has 0 aliphatic rings. The zero-order chi connectivity index (χ0) is 31.4. The van der Waals surface area contributed by atoms with Gasteiger partial charge in [0.05, 0.1) is 12.1 Å². The molecule has 0 aromatic heterocycles. The van der Waals surface area contributed by atoms with Gasteiger partial charge in [0, 0.05) is 36.8 Å². The number of carbonyl (C=O) groups is 2. The highest BCUT2D eigenvalue weighted by Crippen LogP contribution is 2.17. The maximum absolute atomic E-state index is 14.0. The molecular formula is C35H45F2N3O3. The van der Waals surface area contributed by atoms with Crippen LogP contribution in [0.5, 0.6) is 0 Å². The third-order valence-corrected chi connectivity index (χ3v) is 7.40. The number of nitrogens with one attached hydrogen (secondary N) is 2. The molecule has 232 valence electrons. The van der Waals surface area contributed by atoms with E-state index in [-0.39, 0.29) is 17.9 Å². The van der Waals surface area contributed by atoms with Crippen LogP contribution in [0.1, 0.15) is 83.0 Å². The fourth-order valence-electron chi connectivity index (χ4n) is 5.17. The van der Waals surface area contributed by atoms with Crippen molar-refractivity contribution in [2.75, 3.05) is 19.6 Å². The first kappa shape index (κ1) is 33.9. The monoisotopic (exact) mass is 593 g/mol. The molecule has 3 rings (SSSR count). The third kappa shape index (κ3) is 10.6.